The molecular formula is C19H18NO3P. The molecule has 3 aromatic carbocycles. The summed E-state index contributed by atoms with van der Waals surface area (Å²) in [4.78, 5) is 0. The van der Waals surface area contributed by atoms with Crippen LogP contribution >= 0.6 is 7.52 Å². The maximum Gasteiger partial charge on any atom is 0.371 e. The van der Waals surface area contributed by atoms with Crippen molar-refractivity contribution in [2.75, 3.05) is 12.2 Å². The minimum absolute atomic E-state index is 0.506. The number of anilines is 1. The van der Waals surface area contributed by atoms with Crippen LogP contribution < -0.4 is 19.7 Å². The molecule has 3 aromatic rings. The first kappa shape index (κ1) is 16.2. The van der Waals surface area contributed by atoms with Crippen molar-refractivity contribution < 1.29 is 13.8 Å². The van der Waals surface area contributed by atoms with Gasteiger partial charge in [-0.3, -0.25) is 0 Å². The van der Waals surface area contributed by atoms with Crippen molar-refractivity contribution >= 4 is 18.5 Å². The summed E-state index contributed by atoms with van der Waals surface area (Å²) in [6.07, 6.45) is 0. The fraction of sp³-hybridized carbons (Fsp3) is 0.0526. The van der Waals surface area contributed by atoms with E-state index in [2.05, 4.69) is 5.09 Å². The second-order valence-electron chi connectivity index (χ2n) is 5.13. The molecule has 0 amide bonds. The molecule has 0 aliphatic rings. The van der Waals surface area contributed by atoms with Crippen LogP contribution in [0.1, 0.15) is 0 Å². The van der Waals surface area contributed by atoms with Gasteiger partial charge in [-0.15, -0.1) is 0 Å². The van der Waals surface area contributed by atoms with E-state index in [1.54, 1.807) is 43.5 Å². The molecule has 122 valence electrons. The molecule has 0 fully saturated rings. The lowest BCUT2D eigenvalue weighted by molar-refractivity contribution is 0.414. The minimum atomic E-state index is -3.33. The number of methoxy groups -OCH3 is 1. The molecule has 1 N–H and O–H groups in total. The van der Waals surface area contributed by atoms with E-state index in [-0.39, 0.29) is 0 Å². The van der Waals surface area contributed by atoms with Crippen LogP contribution in [-0.4, -0.2) is 7.11 Å². The lowest BCUT2D eigenvalue weighted by atomic mass is 10.3. The van der Waals surface area contributed by atoms with Crippen LogP contribution in [0.3, 0.4) is 0 Å². The molecular weight excluding hydrogens is 321 g/mol. The number of hydrogen-bond acceptors (Lipinski definition) is 3. The Morgan fingerprint density at radius 1 is 0.750 bits per heavy atom. The molecule has 1 atom stereocenters. The summed E-state index contributed by atoms with van der Waals surface area (Å²) in [5.41, 5.74) is 0.734. The zero-order valence-electron chi connectivity index (χ0n) is 13.3. The Bertz CT molecular complexity index is 820. The van der Waals surface area contributed by atoms with Crippen molar-refractivity contribution in [2.45, 2.75) is 0 Å². The van der Waals surface area contributed by atoms with Gasteiger partial charge in [-0.1, -0.05) is 36.4 Å². The molecule has 24 heavy (non-hydrogen) atoms. The van der Waals surface area contributed by atoms with Crippen molar-refractivity contribution in [1.29, 1.82) is 0 Å². The lowest BCUT2D eigenvalue weighted by Gasteiger charge is -2.21. The van der Waals surface area contributed by atoms with E-state index in [4.69, 9.17) is 9.26 Å². The molecule has 3 rings (SSSR count). The quantitative estimate of drug-likeness (QED) is 0.661. The van der Waals surface area contributed by atoms with Crippen LogP contribution in [0.5, 0.6) is 11.5 Å². The highest BCUT2D eigenvalue weighted by Crippen LogP contribution is 2.46. The van der Waals surface area contributed by atoms with Crippen molar-refractivity contribution in [3.63, 3.8) is 0 Å². The Balaban J connectivity index is 1.93. The smallest absolute Gasteiger partial charge is 0.371 e. The summed E-state index contributed by atoms with van der Waals surface area (Å²) in [7, 11) is -1.73. The van der Waals surface area contributed by atoms with Gasteiger partial charge in [0.05, 0.1) is 12.4 Å². The predicted molar refractivity (Wildman–Crippen MR) is 97.4 cm³/mol. The van der Waals surface area contributed by atoms with E-state index in [9.17, 15) is 4.57 Å². The third kappa shape index (κ3) is 3.79. The Kier molecular flexibility index (Phi) is 4.88. The van der Waals surface area contributed by atoms with Gasteiger partial charge in [0, 0.05) is 5.69 Å². The normalized spacial score (nSPS) is 12.9. The highest BCUT2D eigenvalue weighted by molar-refractivity contribution is 7.68. The second-order valence-corrected chi connectivity index (χ2v) is 7.16. The number of para-hydroxylation sites is 1. The fourth-order valence-electron chi connectivity index (χ4n) is 2.23. The molecule has 0 bridgehead atoms. The van der Waals surface area contributed by atoms with E-state index in [0.29, 0.717) is 16.8 Å². The van der Waals surface area contributed by atoms with Crippen LogP contribution in [0, 0.1) is 0 Å². The van der Waals surface area contributed by atoms with Crippen molar-refractivity contribution in [3.05, 3.63) is 84.9 Å². The Morgan fingerprint density at radius 2 is 1.29 bits per heavy atom. The second kappa shape index (κ2) is 7.24. The Hall–Kier alpha value is -2.71. The van der Waals surface area contributed by atoms with Gasteiger partial charge < -0.3 is 14.3 Å². The van der Waals surface area contributed by atoms with E-state index in [0.717, 1.165) is 5.69 Å². The summed E-state index contributed by atoms with van der Waals surface area (Å²) >= 11 is 0. The molecule has 0 saturated carbocycles. The first-order valence-electron chi connectivity index (χ1n) is 7.52. The van der Waals surface area contributed by atoms with E-state index in [1.807, 2.05) is 48.5 Å². The zero-order chi connectivity index (χ0) is 16.8. The summed E-state index contributed by atoms with van der Waals surface area (Å²) < 4.78 is 24.6. The molecule has 0 aromatic heterocycles. The van der Waals surface area contributed by atoms with Gasteiger partial charge in [0.15, 0.2) is 0 Å². The summed E-state index contributed by atoms with van der Waals surface area (Å²) in [6, 6.07) is 25.5. The van der Waals surface area contributed by atoms with Gasteiger partial charge in [0.1, 0.15) is 11.5 Å². The van der Waals surface area contributed by atoms with Gasteiger partial charge in [0.2, 0.25) is 0 Å². The molecule has 4 nitrogen and oxygen atoms in total. The van der Waals surface area contributed by atoms with Gasteiger partial charge in [-0.05, 0) is 48.5 Å². The summed E-state index contributed by atoms with van der Waals surface area (Å²) in [5.74, 6) is 1.22. The van der Waals surface area contributed by atoms with Crippen LogP contribution in [0.4, 0.5) is 5.69 Å². The van der Waals surface area contributed by atoms with Gasteiger partial charge in [-0.2, -0.15) is 0 Å². The van der Waals surface area contributed by atoms with Gasteiger partial charge in [0.25, 0.3) is 0 Å². The van der Waals surface area contributed by atoms with Crippen molar-refractivity contribution in [3.8, 4) is 11.5 Å². The summed E-state index contributed by atoms with van der Waals surface area (Å²) in [6.45, 7) is 0. The predicted octanol–water partition coefficient (Wildman–Crippen LogP) is 4.70. The topological polar surface area (TPSA) is 47.6 Å². The van der Waals surface area contributed by atoms with E-state index >= 15 is 0 Å². The maximum absolute atomic E-state index is 13.5. The van der Waals surface area contributed by atoms with E-state index < -0.39 is 7.52 Å². The third-order valence-corrected chi connectivity index (χ3v) is 5.44. The highest BCUT2D eigenvalue weighted by Gasteiger charge is 2.27. The molecule has 0 saturated heterocycles. The number of ether oxygens (including phenoxy) is 1. The molecule has 1 unspecified atom stereocenters. The van der Waals surface area contributed by atoms with Crippen LogP contribution in [0.2, 0.25) is 0 Å². The zero-order valence-corrected chi connectivity index (χ0v) is 14.1. The first-order chi connectivity index (χ1) is 11.7. The average molecular weight is 339 g/mol. The largest absolute Gasteiger partial charge is 0.497 e. The maximum atomic E-state index is 13.5. The van der Waals surface area contributed by atoms with Crippen molar-refractivity contribution in [2.24, 2.45) is 0 Å². The number of nitrogens with one attached hydrogen (secondary N) is 1. The number of benzene rings is 3. The molecule has 5 heteroatoms. The van der Waals surface area contributed by atoms with Gasteiger partial charge >= 0.3 is 7.52 Å². The molecule has 0 radical (unpaired) electrons. The fourth-order valence-corrected chi connectivity index (χ4v) is 3.98. The Morgan fingerprint density at radius 3 is 1.88 bits per heavy atom. The highest BCUT2D eigenvalue weighted by atomic mass is 31.2. The molecule has 0 aliphatic heterocycles. The molecule has 0 spiro atoms. The molecule has 0 aliphatic carbocycles. The standard InChI is InChI=1S/C19H18NO3P/c1-22-17-12-14-18(15-13-17)23-24(21,19-10-6-3-7-11-19)20-16-8-4-2-5-9-16/h2-15H,1H3,(H,20,21). The van der Waals surface area contributed by atoms with Crippen LogP contribution in [0.15, 0.2) is 84.9 Å². The minimum Gasteiger partial charge on any atom is -0.497 e. The SMILES string of the molecule is COc1ccc(OP(=O)(Nc2ccccc2)c2ccccc2)cc1. The van der Waals surface area contributed by atoms with Crippen LogP contribution in [0.25, 0.3) is 0 Å². The average Bonchev–Trinajstić information content (AvgIpc) is 2.64. The lowest BCUT2D eigenvalue weighted by Crippen LogP contribution is -2.16. The Labute approximate surface area is 141 Å². The number of hydrogen-bond donors (Lipinski definition) is 1. The third-order valence-electron chi connectivity index (χ3n) is 3.44. The van der Waals surface area contributed by atoms with Gasteiger partial charge in [-0.25, -0.2) is 4.57 Å². The molecule has 0 heterocycles. The number of rotatable bonds is 6. The van der Waals surface area contributed by atoms with Crippen molar-refractivity contribution in [1.82, 2.24) is 0 Å². The van der Waals surface area contributed by atoms with Crippen LogP contribution in [-0.2, 0) is 4.57 Å². The van der Waals surface area contributed by atoms with E-state index in [1.165, 1.54) is 0 Å². The first-order valence-corrected chi connectivity index (χ1v) is 9.15. The summed E-state index contributed by atoms with van der Waals surface area (Å²) in [5, 5.41) is 3.65. The monoisotopic (exact) mass is 339 g/mol.